The maximum atomic E-state index is 12.6. The van der Waals surface area contributed by atoms with E-state index >= 15 is 0 Å². The number of hydrogen-bond donors (Lipinski definition) is 2. The van der Waals surface area contributed by atoms with Crippen molar-refractivity contribution in [1.82, 2.24) is 20.0 Å². The van der Waals surface area contributed by atoms with Crippen LogP contribution >= 0.6 is 0 Å². The fraction of sp³-hybridized carbons (Fsp3) is 0.722. The number of morpholine rings is 1. The number of rotatable bonds is 4. The van der Waals surface area contributed by atoms with Gasteiger partial charge in [0.2, 0.25) is 0 Å². The lowest BCUT2D eigenvalue weighted by Gasteiger charge is -2.35. The number of carbonyl (C=O) groups is 2. The summed E-state index contributed by atoms with van der Waals surface area (Å²) < 4.78 is 7.73. The Hall–Kier alpha value is -2.09. The number of nitrogens with zero attached hydrogens (tertiary/aromatic N) is 3. The van der Waals surface area contributed by atoms with Crippen LogP contribution in [-0.2, 0) is 16.1 Å². The second-order valence-corrected chi connectivity index (χ2v) is 7.38. The van der Waals surface area contributed by atoms with Crippen LogP contribution in [0.5, 0.6) is 0 Å². The molecular formula is C18H28N4O4. The molecule has 0 bridgehead atoms. The molecule has 2 N–H and O–H groups in total. The smallest absolute Gasteiger partial charge is 0.317 e. The van der Waals surface area contributed by atoms with Crippen molar-refractivity contribution in [3.63, 3.8) is 0 Å². The first kappa shape index (κ1) is 18.7. The number of aromatic nitrogens is 2. The molecule has 3 rings (SSSR count). The third kappa shape index (κ3) is 4.55. The van der Waals surface area contributed by atoms with Crippen molar-refractivity contribution < 1.29 is 19.4 Å². The molecule has 2 aliphatic rings. The van der Waals surface area contributed by atoms with E-state index in [0.29, 0.717) is 39.1 Å². The Morgan fingerprint density at radius 2 is 2.04 bits per heavy atom. The van der Waals surface area contributed by atoms with Gasteiger partial charge in [-0.2, -0.15) is 5.10 Å². The molecule has 0 aromatic carbocycles. The van der Waals surface area contributed by atoms with E-state index in [0.717, 1.165) is 24.2 Å². The van der Waals surface area contributed by atoms with Crippen LogP contribution in [0.15, 0.2) is 6.07 Å². The number of aliphatic carboxylic acids is 1. The van der Waals surface area contributed by atoms with Crippen LogP contribution in [-0.4, -0.2) is 63.6 Å². The third-order valence-electron chi connectivity index (χ3n) is 5.31. The molecule has 8 nitrogen and oxygen atoms in total. The predicted molar refractivity (Wildman–Crippen MR) is 94.9 cm³/mol. The summed E-state index contributed by atoms with van der Waals surface area (Å²) in [7, 11) is 0. The molecule has 1 aliphatic carbocycles. The van der Waals surface area contributed by atoms with Crippen molar-refractivity contribution in [2.24, 2.45) is 5.92 Å². The van der Waals surface area contributed by atoms with Gasteiger partial charge in [0.05, 0.1) is 37.4 Å². The summed E-state index contributed by atoms with van der Waals surface area (Å²) in [4.78, 5) is 25.4. The van der Waals surface area contributed by atoms with Gasteiger partial charge in [-0.05, 0) is 45.6 Å². The highest BCUT2D eigenvalue weighted by Gasteiger charge is 2.30. The minimum Gasteiger partial charge on any atom is -0.481 e. The topological polar surface area (TPSA) is 96.7 Å². The second kappa shape index (κ2) is 8.07. The molecule has 2 heterocycles. The normalized spacial score (nSPS) is 26.5. The molecule has 26 heavy (non-hydrogen) atoms. The highest BCUT2D eigenvalue weighted by atomic mass is 16.5. The quantitative estimate of drug-likeness (QED) is 0.845. The van der Waals surface area contributed by atoms with Gasteiger partial charge in [-0.3, -0.25) is 9.48 Å². The Balaban J connectivity index is 1.49. The predicted octanol–water partition coefficient (Wildman–Crippen LogP) is 1.55. The number of carboxylic acids is 1. The molecule has 2 amide bonds. The first-order valence-corrected chi connectivity index (χ1v) is 9.33. The average Bonchev–Trinajstić information content (AvgIpc) is 2.92. The number of nitrogens with one attached hydrogen (secondary N) is 1. The van der Waals surface area contributed by atoms with Crippen LogP contribution < -0.4 is 5.32 Å². The SMILES string of the molecule is Cc1cc(C)n(CC2CN(C(=O)NC3CCC(C(=O)O)CC3)CCO2)n1. The van der Waals surface area contributed by atoms with E-state index < -0.39 is 5.97 Å². The number of amides is 2. The lowest BCUT2D eigenvalue weighted by Crippen LogP contribution is -2.53. The molecule has 1 aromatic heterocycles. The van der Waals surface area contributed by atoms with Crippen molar-refractivity contribution in [3.05, 3.63) is 17.5 Å². The number of carbonyl (C=O) groups excluding carboxylic acids is 1. The Labute approximate surface area is 153 Å². The molecule has 1 atom stereocenters. The van der Waals surface area contributed by atoms with Crippen LogP contribution in [0.2, 0.25) is 0 Å². The van der Waals surface area contributed by atoms with Gasteiger partial charge in [-0.1, -0.05) is 0 Å². The molecule has 1 saturated heterocycles. The molecule has 0 radical (unpaired) electrons. The van der Waals surface area contributed by atoms with E-state index in [4.69, 9.17) is 9.84 Å². The summed E-state index contributed by atoms with van der Waals surface area (Å²) in [5, 5.41) is 16.6. The van der Waals surface area contributed by atoms with Crippen molar-refractivity contribution >= 4 is 12.0 Å². The molecule has 2 fully saturated rings. The number of urea groups is 1. The molecule has 1 aromatic rings. The average molecular weight is 364 g/mol. The Morgan fingerprint density at radius 1 is 1.31 bits per heavy atom. The zero-order valence-electron chi connectivity index (χ0n) is 15.5. The zero-order chi connectivity index (χ0) is 18.7. The fourth-order valence-corrected chi connectivity index (χ4v) is 3.82. The van der Waals surface area contributed by atoms with Gasteiger partial charge in [0.1, 0.15) is 0 Å². The van der Waals surface area contributed by atoms with Gasteiger partial charge >= 0.3 is 12.0 Å². The highest BCUT2D eigenvalue weighted by molar-refractivity contribution is 5.75. The maximum Gasteiger partial charge on any atom is 0.317 e. The number of carboxylic acid groups (broad SMARTS) is 1. The van der Waals surface area contributed by atoms with Crippen LogP contribution in [0.25, 0.3) is 0 Å². The zero-order valence-corrected chi connectivity index (χ0v) is 15.5. The van der Waals surface area contributed by atoms with Gasteiger partial charge in [-0.15, -0.1) is 0 Å². The number of hydrogen-bond acceptors (Lipinski definition) is 4. The fourth-order valence-electron chi connectivity index (χ4n) is 3.82. The van der Waals surface area contributed by atoms with Gasteiger partial charge < -0.3 is 20.1 Å². The van der Waals surface area contributed by atoms with E-state index in [9.17, 15) is 9.59 Å². The summed E-state index contributed by atoms with van der Waals surface area (Å²) in [6.07, 6.45) is 2.63. The molecular weight excluding hydrogens is 336 g/mol. The molecule has 8 heteroatoms. The summed E-state index contributed by atoms with van der Waals surface area (Å²) in [6, 6.07) is 2.02. The summed E-state index contributed by atoms with van der Waals surface area (Å²) in [5.41, 5.74) is 2.06. The monoisotopic (exact) mass is 364 g/mol. The van der Waals surface area contributed by atoms with Gasteiger partial charge in [0, 0.05) is 18.3 Å². The third-order valence-corrected chi connectivity index (χ3v) is 5.31. The number of aryl methyl sites for hydroxylation is 2. The first-order chi connectivity index (χ1) is 12.4. The van der Waals surface area contributed by atoms with Gasteiger partial charge in [0.25, 0.3) is 0 Å². The van der Waals surface area contributed by atoms with Crippen molar-refractivity contribution in [2.45, 2.75) is 58.2 Å². The highest BCUT2D eigenvalue weighted by Crippen LogP contribution is 2.24. The minimum absolute atomic E-state index is 0.0652. The van der Waals surface area contributed by atoms with Crippen LogP contribution in [0.3, 0.4) is 0 Å². The lowest BCUT2D eigenvalue weighted by atomic mass is 9.86. The summed E-state index contributed by atoms with van der Waals surface area (Å²) >= 11 is 0. The van der Waals surface area contributed by atoms with E-state index in [1.807, 2.05) is 24.6 Å². The molecule has 1 aliphatic heterocycles. The standard InChI is InChI=1S/C18H28N4O4/c1-12-9-13(2)22(20-12)11-16-10-21(7-8-26-16)18(25)19-15-5-3-14(4-6-15)17(23)24/h9,14-16H,3-8,10-11H2,1-2H3,(H,19,25)(H,23,24). The Bertz CT molecular complexity index is 652. The second-order valence-electron chi connectivity index (χ2n) is 7.38. The van der Waals surface area contributed by atoms with Crippen molar-refractivity contribution in [3.8, 4) is 0 Å². The van der Waals surface area contributed by atoms with Crippen LogP contribution in [0.1, 0.15) is 37.1 Å². The number of ether oxygens (including phenoxy) is 1. The molecule has 144 valence electrons. The van der Waals surface area contributed by atoms with E-state index in [1.54, 1.807) is 4.90 Å². The van der Waals surface area contributed by atoms with Gasteiger partial charge in [0.15, 0.2) is 0 Å². The van der Waals surface area contributed by atoms with E-state index in [-0.39, 0.29) is 24.1 Å². The van der Waals surface area contributed by atoms with Crippen LogP contribution in [0, 0.1) is 19.8 Å². The lowest BCUT2D eigenvalue weighted by molar-refractivity contribution is -0.142. The van der Waals surface area contributed by atoms with E-state index in [1.165, 1.54) is 0 Å². The molecule has 1 unspecified atom stereocenters. The van der Waals surface area contributed by atoms with Crippen molar-refractivity contribution in [1.29, 1.82) is 0 Å². The van der Waals surface area contributed by atoms with Gasteiger partial charge in [-0.25, -0.2) is 4.79 Å². The molecule has 0 spiro atoms. The van der Waals surface area contributed by atoms with E-state index in [2.05, 4.69) is 10.4 Å². The maximum absolute atomic E-state index is 12.6. The molecule has 1 saturated carbocycles. The Kier molecular flexibility index (Phi) is 5.80. The summed E-state index contributed by atoms with van der Waals surface area (Å²) in [6.45, 7) is 6.24. The largest absolute Gasteiger partial charge is 0.481 e. The first-order valence-electron chi connectivity index (χ1n) is 9.33. The summed E-state index contributed by atoms with van der Waals surface area (Å²) in [5.74, 6) is -0.994. The van der Waals surface area contributed by atoms with Crippen LogP contribution in [0.4, 0.5) is 4.79 Å². The van der Waals surface area contributed by atoms with Crippen molar-refractivity contribution in [2.75, 3.05) is 19.7 Å². The Morgan fingerprint density at radius 3 is 2.65 bits per heavy atom. The minimum atomic E-state index is -0.727.